The van der Waals surface area contributed by atoms with Gasteiger partial charge in [0.1, 0.15) is 0 Å². The van der Waals surface area contributed by atoms with E-state index in [9.17, 15) is 4.79 Å². The molecule has 1 amide bonds. The van der Waals surface area contributed by atoms with E-state index in [1.165, 1.54) is 5.69 Å². The van der Waals surface area contributed by atoms with Crippen molar-refractivity contribution in [2.75, 3.05) is 31.1 Å². The number of aromatic nitrogens is 1. The molecule has 0 saturated carbocycles. The summed E-state index contributed by atoms with van der Waals surface area (Å²) in [7, 11) is 0. The molecule has 4 heteroatoms. The second-order valence-electron chi connectivity index (χ2n) is 6.48. The summed E-state index contributed by atoms with van der Waals surface area (Å²) in [4.78, 5) is 21.3. The lowest BCUT2D eigenvalue weighted by atomic mass is 9.83. The number of carbonyl (C=O) groups excluding carboxylic acids is 1. The number of hydrogen-bond donors (Lipinski definition) is 0. The van der Waals surface area contributed by atoms with Crippen molar-refractivity contribution in [2.45, 2.75) is 19.3 Å². The molecule has 1 aromatic carbocycles. The van der Waals surface area contributed by atoms with Crippen molar-refractivity contribution in [1.29, 1.82) is 0 Å². The zero-order valence-electron chi connectivity index (χ0n) is 13.8. The van der Waals surface area contributed by atoms with Crippen LogP contribution in [0.4, 0.5) is 5.69 Å². The van der Waals surface area contributed by atoms with Crippen LogP contribution in [0.1, 0.15) is 19.4 Å². The summed E-state index contributed by atoms with van der Waals surface area (Å²) in [5, 5.41) is 0. The normalized spacial score (nSPS) is 15.6. The first-order valence-corrected chi connectivity index (χ1v) is 8.09. The van der Waals surface area contributed by atoms with Gasteiger partial charge in [0.15, 0.2) is 0 Å². The van der Waals surface area contributed by atoms with Crippen LogP contribution in [-0.4, -0.2) is 42.0 Å². The van der Waals surface area contributed by atoms with Crippen LogP contribution in [0.25, 0.3) is 0 Å². The lowest BCUT2D eigenvalue weighted by Gasteiger charge is -2.39. The van der Waals surface area contributed by atoms with Gasteiger partial charge in [-0.2, -0.15) is 0 Å². The summed E-state index contributed by atoms with van der Waals surface area (Å²) in [6.45, 7) is 7.27. The number of rotatable bonds is 3. The van der Waals surface area contributed by atoms with Gasteiger partial charge in [-0.1, -0.05) is 30.3 Å². The SMILES string of the molecule is CC(C)(C(=O)N1CCN(c2ccncc2)CC1)c1ccccc1. The van der Waals surface area contributed by atoms with Crippen LogP contribution in [0.5, 0.6) is 0 Å². The maximum atomic E-state index is 13.0. The molecule has 2 aromatic rings. The second-order valence-corrected chi connectivity index (χ2v) is 6.48. The first kappa shape index (κ1) is 15.5. The lowest BCUT2D eigenvalue weighted by molar-refractivity contribution is -0.136. The Balaban J connectivity index is 1.67. The number of piperazine rings is 1. The van der Waals surface area contributed by atoms with E-state index < -0.39 is 5.41 Å². The molecule has 1 fully saturated rings. The van der Waals surface area contributed by atoms with Crippen LogP contribution in [-0.2, 0) is 10.2 Å². The molecule has 0 bridgehead atoms. The highest BCUT2D eigenvalue weighted by molar-refractivity contribution is 5.87. The minimum absolute atomic E-state index is 0.207. The molecule has 0 N–H and O–H groups in total. The fourth-order valence-corrected chi connectivity index (χ4v) is 3.10. The van der Waals surface area contributed by atoms with Gasteiger partial charge in [0.25, 0.3) is 0 Å². The third-order valence-electron chi connectivity index (χ3n) is 4.62. The predicted molar refractivity (Wildman–Crippen MR) is 92.5 cm³/mol. The molecular weight excluding hydrogens is 286 g/mol. The number of carbonyl (C=O) groups is 1. The van der Waals surface area contributed by atoms with E-state index in [1.807, 2.05) is 73.6 Å². The summed E-state index contributed by atoms with van der Waals surface area (Å²) in [5.74, 6) is 0.207. The van der Waals surface area contributed by atoms with Crippen LogP contribution < -0.4 is 4.90 Å². The Morgan fingerprint density at radius 1 is 0.957 bits per heavy atom. The molecule has 23 heavy (non-hydrogen) atoms. The summed E-state index contributed by atoms with van der Waals surface area (Å²) >= 11 is 0. The molecule has 1 aliphatic rings. The van der Waals surface area contributed by atoms with Crippen molar-refractivity contribution in [2.24, 2.45) is 0 Å². The molecule has 1 aromatic heterocycles. The van der Waals surface area contributed by atoms with E-state index in [1.54, 1.807) is 0 Å². The maximum Gasteiger partial charge on any atom is 0.232 e. The van der Waals surface area contributed by atoms with Gasteiger partial charge in [0.2, 0.25) is 5.91 Å². The van der Waals surface area contributed by atoms with Crippen molar-refractivity contribution in [3.63, 3.8) is 0 Å². The molecule has 0 radical (unpaired) electrons. The minimum Gasteiger partial charge on any atom is -0.368 e. The van der Waals surface area contributed by atoms with Crippen molar-refractivity contribution in [3.05, 3.63) is 60.4 Å². The number of amides is 1. The van der Waals surface area contributed by atoms with Gasteiger partial charge >= 0.3 is 0 Å². The Morgan fingerprint density at radius 3 is 2.17 bits per heavy atom. The van der Waals surface area contributed by atoms with Crippen LogP contribution in [0.2, 0.25) is 0 Å². The zero-order chi connectivity index (χ0) is 16.3. The van der Waals surface area contributed by atoms with E-state index in [0.29, 0.717) is 0 Å². The Morgan fingerprint density at radius 2 is 1.57 bits per heavy atom. The van der Waals surface area contributed by atoms with E-state index in [-0.39, 0.29) is 5.91 Å². The number of benzene rings is 1. The Labute approximate surface area is 137 Å². The van der Waals surface area contributed by atoms with Gasteiger partial charge in [-0.25, -0.2) is 0 Å². The topological polar surface area (TPSA) is 36.4 Å². The molecule has 4 nitrogen and oxygen atoms in total. The van der Waals surface area contributed by atoms with Crippen LogP contribution in [0.3, 0.4) is 0 Å². The van der Waals surface area contributed by atoms with Gasteiger partial charge in [0.05, 0.1) is 5.41 Å². The molecule has 3 rings (SSSR count). The molecule has 2 heterocycles. The Kier molecular flexibility index (Phi) is 4.33. The average Bonchev–Trinajstić information content (AvgIpc) is 2.63. The van der Waals surface area contributed by atoms with Crippen LogP contribution in [0.15, 0.2) is 54.9 Å². The largest absolute Gasteiger partial charge is 0.368 e. The molecule has 0 atom stereocenters. The quantitative estimate of drug-likeness (QED) is 0.875. The number of nitrogens with zero attached hydrogens (tertiary/aromatic N) is 3. The first-order chi connectivity index (χ1) is 11.1. The summed E-state index contributed by atoms with van der Waals surface area (Å²) in [6.07, 6.45) is 3.62. The third kappa shape index (κ3) is 3.21. The third-order valence-corrected chi connectivity index (χ3v) is 4.62. The first-order valence-electron chi connectivity index (χ1n) is 8.09. The van der Waals surface area contributed by atoms with Gasteiger partial charge in [-0.3, -0.25) is 9.78 Å². The Hall–Kier alpha value is -2.36. The zero-order valence-corrected chi connectivity index (χ0v) is 13.8. The molecule has 0 spiro atoms. The van der Waals surface area contributed by atoms with E-state index in [0.717, 1.165) is 31.7 Å². The fraction of sp³-hybridized carbons (Fsp3) is 0.368. The second kappa shape index (κ2) is 6.41. The van der Waals surface area contributed by atoms with Gasteiger partial charge in [0, 0.05) is 44.3 Å². The van der Waals surface area contributed by atoms with Gasteiger partial charge in [-0.05, 0) is 31.5 Å². The van der Waals surface area contributed by atoms with E-state index in [4.69, 9.17) is 0 Å². The highest BCUT2D eigenvalue weighted by Crippen LogP contribution is 2.26. The monoisotopic (exact) mass is 309 g/mol. The fourth-order valence-electron chi connectivity index (χ4n) is 3.10. The molecule has 120 valence electrons. The predicted octanol–water partition coefficient (Wildman–Crippen LogP) is 2.71. The van der Waals surface area contributed by atoms with Gasteiger partial charge in [-0.15, -0.1) is 0 Å². The van der Waals surface area contributed by atoms with Crippen molar-refractivity contribution in [3.8, 4) is 0 Å². The summed E-state index contributed by atoms with van der Waals surface area (Å²) < 4.78 is 0. The standard InChI is InChI=1S/C19H23N3O/c1-19(2,16-6-4-3-5-7-16)18(23)22-14-12-21(13-15-22)17-8-10-20-11-9-17/h3-11H,12-15H2,1-2H3. The van der Waals surface area contributed by atoms with Crippen LogP contribution >= 0.6 is 0 Å². The van der Waals surface area contributed by atoms with Crippen molar-refractivity contribution < 1.29 is 4.79 Å². The number of hydrogen-bond acceptors (Lipinski definition) is 3. The number of anilines is 1. The molecule has 1 saturated heterocycles. The van der Waals surface area contributed by atoms with E-state index >= 15 is 0 Å². The Bertz CT molecular complexity index is 647. The molecule has 0 unspecified atom stereocenters. The highest BCUT2D eigenvalue weighted by Gasteiger charge is 2.34. The lowest BCUT2D eigenvalue weighted by Crippen LogP contribution is -2.53. The number of pyridine rings is 1. The minimum atomic E-state index is -0.486. The highest BCUT2D eigenvalue weighted by atomic mass is 16.2. The summed E-state index contributed by atoms with van der Waals surface area (Å²) in [6, 6.07) is 14.1. The van der Waals surface area contributed by atoms with Crippen molar-refractivity contribution >= 4 is 11.6 Å². The average molecular weight is 309 g/mol. The van der Waals surface area contributed by atoms with Gasteiger partial charge < -0.3 is 9.80 Å². The van der Waals surface area contributed by atoms with Crippen LogP contribution in [0, 0.1) is 0 Å². The molecular formula is C19H23N3O. The van der Waals surface area contributed by atoms with Crippen molar-refractivity contribution in [1.82, 2.24) is 9.88 Å². The maximum absolute atomic E-state index is 13.0. The summed E-state index contributed by atoms with van der Waals surface area (Å²) in [5.41, 5.74) is 1.76. The smallest absolute Gasteiger partial charge is 0.232 e. The van der Waals surface area contributed by atoms with E-state index in [2.05, 4.69) is 9.88 Å². The molecule has 0 aliphatic carbocycles. The molecule has 1 aliphatic heterocycles.